The van der Waals surface area contributed by atoms with Gasteiger partial charge in [-0.05, 0) is 86.7 Å². The number of likely N-dealkylation sites (tertiary alicyclic amines) is 1. The molecule has 1 aromatic heterocycles. The van der Waals surface area contributed by atoms with Gasteiger partial charge in [-0.3, -0.25) is 10.1 Å². The fourth-order valence-corrected chi connectivity index (χ4v) is 5.81. The smallest absolute Gasteiger partial charge is 0.437 e. The van der Waals surface area contributed by atoms with Crippen LogP contribution in [-0.2, 0) is 4.74 Å². The van der Waals surface area contributed by atoms with Crippen LogP contribution in [0.1, 0.15) is 56.2 Å². The minimum absolute atomic E-state index is 0.0270. The van der Waals surface area contributed by atoms with Crippen molar-refractivity contribution in [3.8, 4) is 0 Å². The molecule has 0 atom stereocenters. The molecular formula is C34H35Cl2N5O5. The van der Waals surface area contributed by atoms with Crippen molar-refractivity contribution >= 4 is 57.9 Å². The molecule has 10 nitrogen and oxygen atoms in total. The SMILES string of the molecule is CC(C)(C)OC(=O)/N=C(/NC(=O)O)N1CCC(Nc2cc(=O)[nH]c3ccc(C(c4ccc(Cl)cc4)c4ccc(Cl)cc4)cc23)CC1. The number of nitrogens with zero attached hydrogens (tertiary/aromatic N) is 2. The molecule has 3 aromatic carbocycles. The highest BCUT2D eigenvalue weighted by Crippen LogP contribution is 2.36. The van der Waals surface area contributed by atoms with Crippen molar-refractivity contribution in [3.63, 3.8) is 0 Å². The molecule has 0 saturated carbocycles. The van der Waals surface area contributed by atoms with Crippen LogP contribution in [0.25, 0.3) is 10.9 Å². The second-order valence-electron chi connectivity index (χ2n) is 12.1. The van der Waals surface area contributed by atoms with Gasteiger partial charge in [-0.25, -0.2) is 9.59 Å². The molecule has 1 saturated heterocycles. The van der Waals surface area contributed by atoms with E-state index in [0.29, 0.717) is 47.2 Å². The molecule has 0 unspecified atom stereocenters. The number of hydrogen-bond acceptors (Lipinski definition) is 5. The molecule has 0 spiro atoms. The molecule has 0 radical (unpaired) electrons. The minimum atomic E-state index is -1.33. The van der Waals surface area contributed by atoms with Gasteiger partial charge in [0.05, 0.1) is 5.52 Å². The molecule has 0 bridgehead atoms. The van der Waals surface area contributed by atoms with Crippen molar-refractivity contribution in [2.45, 2.75) is 51.2 Å². The average Bonchev–Trinajstić information content (AvgIpc) is 2.98. The molecule has 4 N–H and O–H groups in total. The van der Waals surface area contributed by atoms with E-state index in [-0.39, 0.29) is 23.5 Å². The van der Waals surface area contributed by atoms with Crippen LogP contribution in [0.15, 0.2) is 82.6 Å². The number of carbonyl (C=O) groups is 2. The lowest BCUT2D eigenvalue weighted by molar-refractivity contribution is 0.0601. The van der Waals surface area contributed by atoms with Crippen LogP contribution in [0.4, 0.5) is 15.3 Å². The summed E-state index contributed by atoms with van der Waals surface area (Å²) >= 11 is 12.4. The van der Waals surface area contributed by atoms with Crippen molar-refractivity contribution < 1.29 is 19.4 Å². The fourth-order valence-electron chi connectivity index (χ4n) is 5.56. The Morgan fingerprint density at radius 1 is 0.935 bits per heavy atom. The number of ether oxygens (including phenoxy) is 1. The number of pyridine rings is 1. The number of amides is 2. The standard InChI is InChI=1S/C34H35Cl2N5O5/c1-34(2,3)46-33(45)40-31(39-32(43)44)41-16-14-25(15-17-41)37-28-19-29(42)38-27-13-8-22(18-26(27)28)30(20-4-9-23(35)10-5-20)21-6-11-24(36)12-7-21/h4-13,18-19,25,30H,14-17H2,1-3H3,(H,43,44)(H2,37,38,42)(H,39,40,45). The number of hydrogen-bond donors (Lipinski definition) is 4. The number of anilines is 1. The van der Waals surface area contributed by atoms with Gasteiger partial charge >= 0.3 is 12.2 Å². The van der Waals surface area contributed by atoms with Crippen LogP contribution in [0.3, 0.4) is 0 Å². The number of guanidine groups is 1. The van der Waals surface area contributed by atoms with Gasteiger partial charge in [0.25, 0.3) is 0 Å². The Morgan fingerprint density at radius 3 is 2.04 bits per heavy atom. The van der Waals surface area contributed by atoms with E-state index in [4.69, 9.17) is 27.9 Å². The maximum atomic E-state index is 12.7. The zero-order chi connectivity index (χ0) is 33.0. The second kappa shape index (κ2) is 13.8. The van der Waals surface area contributed by atoms with Crippen molar-refractivity contribution in [3.05, 3.63) is 110 Å². The topological polar surface area (TPSA) is 136 Å². The van der Waals surface area contributed by atoms with Crippen molar-refractivity contribution in [1.82, 2.24) is 15.2 Å². The molecular weight excluding hydrogens is 629 g/mol. The van der Waals surface area contributed by atoms with Gasteiger partial charge in [0.1, 0.15) is 5.60 Å². The number of aromatic amines is 1. The van der Waals surface area contributed by atoms with Crippen LogP contribution in [0.5, 0.6) is 0 Å². The molecule has 1 aliphatic heterocycles. The number of piperidine rings is 1. The molecule has 4 aromatic rings. The summed E-state index contributed by atoms with van der Waals surface area (Å²) in [5.41, 5.74) is 3.50. The summed E-state index contributed by atoms with van der Waals surface area (Å²) in [5, 5.41) is 17.3. The molecule has 5 rings (SSSR count). The molecule has 0 aliphatic carbocycles. The number of halogens is 2. The fraction of sp³-hybridized carbons (Fsp3) is 0.294. The largest absolute Gasteiger partial charge is 0.465 e. The molecule has 240 valence electrons. The Bertz CT molecular complexity index is 1760. The van der Waals surface area contributed by atoms with E-state index in [2.05, 4.69) is 26.7 Å². The zero-order valence-electron chi connectivity index (χ0n) is 25.6. The van der Waals surface area contributed by atoms with E-state index >= 15 is 0 Å². The number of aliphatic imine (C=N–C) groups is 1. The number of carbonyl (C=O) groups excluding carboxylic acids is 1. The number of carboxylic acid groups (broad SMARTS) is 1. The average molecular weight is 665 g/mol. The van der Waals surface area contributed by atoms with Crippen molar-refractivity contribution in [2.24, 2.45) is 4.99 Å². The Morgan fingerprint density at radius 2 is 1.50 bits per heavy atom. The Hall–Kier alpha value is -4.54. The third-order valence-corrected chi connectivity index (χ3v) is 8.07. The van der Waals surface area contributed by atoms with E-state index in [9.17, 15) is 19.5 Å². The molecule has 46 heavy (non-hydrogen) atoms. The van der Waals surface area contributed by atoms with Crippen molar-refractivity contribution in [2.75, 3.05) is 18.4 Å². The van der Waals surface area contributed by atoms with Crippen LogP contribution in [0.2, 0.25) is 10.0 Å². The lowest BCUT2D eigenvalue weighted by Crippen LogP contribution is -2.49. The van der Waals surface area contributed by atoms with Gasteiger partial charge in [-0.2, -0.15) is 0 Å². The number of fused-ring (bicyclic) bond motifs is 1. The first-order valence-corrected chi connectivity index (χ1v) is 15.6. The summed E-state index contributed by atoms with van der Waals surface area (Å²) < 4.78 is 5.24. The monoisotopic (exact) mass is 663 g/mol. The summed E-state index contributed by atoms with van der Waals surface area (Å²) in [6.45, 7) is 5.96. The van der Waals surface area contributed by atoms with E-state index in [0.717, 1.165) is 22.1 Å². The maximum Gasteiger partial charge on any atom is 0.437 e. The van der Waals surface area contributed by atoms with Crippen LogP contribution >= 0.6 is 23.2 Å². The normalized spacial score (nSPS) is 14.4. The summed E-state index contributed by atoms with van der Waals surface area (Å²) in [5.74, 6) is -0.201. The van der Waals surface area contributed by atoms with Gasteiger partial charge in [-0.1, -0.05) is 53.5 Å². The maximum absolute atomic E-state index is 12.7. The first-order valence-electron chi connectivity index (χ1n) is 14.9. The van der Waals surface area contributed by atoms with Crippen LogP contribution < -0.4 is 16.2 Å². The number of H-pyrrole nitrogens is 1. The lowest BCUT2D eigenvalue weighted by atomic mass is 9.84. The summed E-state index contributed by atoms with van der Waals surface area (Å²) in [4.78, 5) is 44.9. The van der Waals surface area contributed by atoms with E-state index < -0.39 is 17.8 Å². The first kappa shape index (κ1) is 32.8. The van der Waals surface area contributed by atoms with Crippen molar-refractivity contribution in [1.29, 1.82) is 0 Å². The first-order chi connectivity index (χ1) is 21.8. The molecule has 2 heterocycles. The number of benzene rings is 3. The molecule has 1 fully saturated rings. The second-order valence-corrected chi connectivity index (χ2v) is 13.0. The Kier molecular flexibility index (Phi) is 9.88. The van der Waals surface area contributed by atoms with Gasteiger partial charge in [0, 0.05) is 52.2 Å². The third kappa shape index (κ3) is 8.38. The minimum Gasteiger partial charge on any atom is -0.465 e. The van der Waals surface area contributed by atoms with Gasteiger partial charge in [0.15, 0.2) is 0 Å². The molecule has 12 heteroatoms. The summed E-state index contributed by atoms with van der Waals surface area (Å²) in [7, 11) is 0. The quantitative estimate of drug-likeness (QED) is 0.0989. The highest BCUT2D eigenvalue weighted by atomic mass is 35.5. The lowest BCUT2D eigenvalue weighted by Gasteiger charge is -2.34. The summed E-state index contributed by atoms with van der Waals surface area (Å²) in [6, 6.07) is 23.0. The zero-order valence-corrected chi connectivity index (χ0v) is 27.2. The van der Waals surface area contributed by atoms with Gasteiger partial charge in [0.2, 0.25) is 11.5 Å². The predicted molar refractivity (Wildman–Crippen MR) is 181 cm³/mol. The van der Waals surface area contributed by atoms with E-state index in [1.54, 1.807) is 31.7 Å². The van der Waals surface area contributed by atoms with Gasteiger partial charge < -0.3 is 25.0 Å². The van der Waals surface area contributed by atoms with E-state index in [1.165, 1.54) is 0 Å². The van der Waals surface area contributed by atoms with E-state index in [1.807, 2.05) is 60.7 Å². The Balaban J connectivity index is 1.41. The highest BCUT2D eigenvalue weighted by molar-refractivity contribution is 6.30. The predicted octanol–water partition coefficient (Wildman–Crippen LogP) is 7.45. The van der Waals surface area contributed by atoms with Crippen LogP contribution in [-0.4, -0.2) is 57.9 Å². The number of rotatable bonds is 5. The van der Waals surface area contributed by atoms with Gasteiger partial charge in [-0.15, -0.1) is 4.99 Å². The number of aromatic nitrogens is 1. The highest BCUT2D eigenvalue weighted by Gasteiger charge is 2.26. The molecule has 1 aliphatic rings. The molecule has 2 amide bonds. The Labute approximate surface area is 276 Å². The number of nitrogens with one attached hydrogen (secondary N) is 3. The summed E-state index contributed by atoms with van der Waals surface area (Å²) in [6.07, 6.45) is -1.01. The van der Waals surface area contributed by atoms with Crippen LogP contribution in [0, 0.1) is 0 Å². The third-order valence-electron chi connectivity index (χ3n) is 7.57.